The van der Waals surface area contributed by atoms with Crippen LogP contribution in [0.15, 0.2) is 36.4 Å². The zero-order valence-electron chi connectivity index (χ0n) is 11.7. The van der Waals surface area contributed by atoms with Crippen LogP contribution in [0.1, 0.15) is 25.1 Å². The molecule has 20 heavy (non-hydrogen) atoms. The Labute approximate surface area is 118 Å². The molecule has 0 aliphatic heterocycles. The Morgan fingerprint density at radius 3 is 3.05 bits per heavy atom. The van der Waals surface area contributed by atoms with E-state index in [4.69, 9.17) is 0 Å². The number of nitrogens with zero attached hydrogens (tertiary/aromatic N) is 2. The van der Waals surface area contributed by atoms with Crippen LogP contribution >= 0.6 is 0 Å². The highest BCUT2D eigenvalue weighted by Crippen LogP contribution is 2.20. The molecule has 1 aliphatic carbocycles. The maximum Gasteiger partial charge on any atom is 0.220 e. The van der Waals surface area contributed by atoms with Crippen LogP contribution < -0.4 is 5.32 Å². The first kappa shape index (κ1) is 12.9. The number of para-hydroxylation sites is 2. The monoisotopic (exact) mass is 269 g/mol. The predicted octanol–water partition coefficient (Wildman–Crippen LogP) is 2.55. The number of aryl methyl sites for hydroxylation is 1. The number of fused-ring (bicyclic) bond motifs is 1. The molecular formula is C16H19N3O. The number of allylic oxidation sites excluding steroid dienone is 2. The van der Waals surface area contributed by atoms with Crippen molar-refractivity contribution in [1.82, 2.24) is 14.9 Å². The molecule has 104 valence electrons. The average molecular weight is 269 g/mol. The molecule has 1 atom stereocenters. The van der Waals surface area contributed by atoms with E-state index in [-0.39, 0.29) is 5.91 Å². The second-order valence-corrected chi connectivity index (χ2v) is 5.32. The summed E-state index contributed by atoms with van der Waals surface area (Å²) in [6.45, 7) is 0.487. The molecule has 3 rings (SSSR count). The molecule has 1 aromatic heterocycles. The Bertz CT molecular complexity index is 657. The highest BCUT2D eigenvalue weighted by molar-refractivity contribution is 5.77. The molecule has 1 aliphatic rings. The Morgan fingerprint density at radius 1 is 1.45 bits per heavy atom. The van der Waals surface area contributed by atoms with Gasteiger partial charge in [0.25, 0.3) is 0 Å². The average Bonchev–Trinajstić information content (AvgIpc) is 3.06. The Kier molecular flexibility index (Phi) is 3.54. The zero-order valence-corrected chi connectivity index (χ0v) is 11.7. The van der Waals surface area contributed by atoms with E-state index in [9.17, 15) is 4.79 Å². The Balaban J connectivity index is 1.63. The van der Waals surface area contributed by atoms with Crippen molar-refractivity contribution in [2.45, 2.75) is 25.8 Å². The molecule has 0 saturated heterocycles. The van der Waals surface area contributed by atoms with Gasteiger partial charge in [0, 0.05) is 13.5 Å². The summed E-state index contributed by atoms with van der Waals surface area (Å²) in [5, 5.41) is 2.97. The van der Waals surface area contributed by atoms with E-state index < -0.39 is 0 Å². The minimum atomic E-state index is 0.105. The molecule has 2 aromatic rings. The van der Waals surface area contributed by atoms with Crippen molar-refractivity contribution in [3.05, 3.63) is 42.2 Å². The van der Waals surface area contributed by atoms with Gasteiger partial charge in [0.1, 0.15) is 5.82 Å². The van der Waals surface area contributed by atoms with Crippen molar-refractivity contribution in [2.24, 2.45) is 13.0 Å². The van der Waals surface area contributed by atoms with Crippen LogP contribution in [0.2, 0.25) is 0 Å². The van der Waals surface area contributed by atoms with Crippen LogP contribution in [0.3, 0.4) is 0 Å². The Morgan fingerprint density at radius 2 is 2.30 bits per heavy atom. The van der Waals surface area contributed by atoms with E-state index in [0.29, 0.717) is 18.9 Å². The van der Waals surface area contributed by atoms with Gasteiger partial charge in [-0.2, -0.15) is 0 Å². The van der Waals surface area contributed by atoms with Gasteiger partial charge in [-0.1, -0.05) is 24.3 Å². The van der Waals surface area contributed by atoms with Gasteiger partial charge in [0.15, 0.2) is 0 Å². The van der Waals surface area contributed by atoms with E-state index in [1.807, 2.05) is 35.9 Å². The van der Waals surface area contributed by atoms with Gasteiger partial charge in [0.05, 0.1) is 17.6 Å². The van der Waals surface area contributed by atoms with Crippen LogP contribution in [0.5, 0.6) is 0 Å². The number of carbonyl (C=O) groups is 1. The summed E-state index contributed by atoms with van der Waals surface area (Å²) in [4.78, 5) is 16.5. The highest BCUT2D eigenvalue weighted by Gasteiger charge is 2.14. The quantitative estimate of drug-likeness (QED) is 0.867. The highest BCUT2D eigenvalue weighted by atomic mass is 16.1. The van der Waals surface area contributed by atoms with Crippen LogP contribution in [-0.2, 0) is 18.4 Å². The van der Waals surface area contributed by atoms with Gasteiger partial charge in [0.2, 0.25) is 5.91 Å². The summed E-state index contributed by atoms with van der Waals surface area (Å²) in [7, 11) is 1.98. The van der Waals surface area contributed by atoms with E-state index in [1.165, 1.54) is 0 Å². The lowest BCUT2D eigenvalue weighted by atomic mass is 10.1. The third-order valence-corrected chi connectivity index (χ3v) is 3.88. The fourth-order valence-corrected chi connectivity index (χ4v) is 2.71. The summed E-state index contributed by atoms with van der Waals surface area (Å²) in [6.07, 6.45) is 7.08. The molecule has 0 bridgehead atoms. The number of imidazole rings is 1. The molecule has 4 heteroatoms. The number of hydrogen-bond acceptors (Lipinski definition) is 2. The third-order valence-electron chi connectivity index (χ3n) is 3.88. The SMILES string of the molecule is Cn1c(CNC(=O)C[C@@H]2C=CCC2)nc2ccccc21. The number of carbonyl (C=O) groups excluding carboxylic acids is 1. The second kappa shape index (κ2) is 5.49. The summed E-state index contributed by atoms with van der Waals surface area (Å²) in [5.41, 5.74) is 2.06. The number of nitrogens with one attached hydrogen (secondary N) is 1. The van der Waals surface area contributed by atoms with E-state index in [1.54, 1.807) is 0 Å². The van der Waals surface area contributed by atoms with Crippen molar-refractivity contribution in [3.8, 4) is 0 Å². The first-order valence-corrected chi connectivity index (χ1v) is 7.08. The van der Waals surface area contributed by atoms with E-state index in [0.717, 1.165) is 29.7 Å². The van der Waals surface area contributed by atoms with Gasteiger partial charge < -0.3 is 9.88 Å². The predicted molar refractivity (Wildman–Crippen MR) is 79.0 cm³/mol. The van der Waals surface area contributed by atoms with E-state index >= 15 is 0 Å². The lowest BCUT2D eigenvalue weighted by Gasteiger charge is -2.08. The van der Waals surface area contributed by atoms with Crippen molar-refractivity contribution >= 4 is 16.9 Å². The number of benzene rings is 1. The van der Waals surface area contributed by atoms with Crippen LogP contribution in [0, 0.1) is 5.92 Å². The number of hydrogen-bond donors (Lipinski definition) is 1. The maximum absolute atomic E-state index is 11.9. The Hall–Kier alpha value is -2.10. The molecule has 0 unspecified atom stereocenters. The number of rotatable bonds is 4. The van der Waals surface area contributed by atoms with Crippen molar-refractivity contribution in [2.75, 3.05) is 0 Å². The minimum Gasteiger partial charge on any atom is -0.349 e. The van der Waals surface area contributed by atoms with Crippen molar-refractivity contribution < 1.29 is 4.79 Å². The normalized spacial score (nSPS) is 17.8. The van der Waals surface area contributed by atoms with Gasteiger partial charge in [-0.25, -0.2) is 4.98 Å². The molecule has 0 spiro atoms. The molecule has 4 nitrogen and oxygen atoms in total. The lowest BCUT2D eigenvalue weighted by molar-refractivity contribution is -0.121. The standard InChI is InChI=1S/C16H19N3O/c1-19-14-9-5-4-8-13(14)18-15(19)11-17-16(20)10-12-6-2-3-7-12/h2,4-6,8-9,12H,3,7,10-11H2,1H3,(H,17,20)/t12-/m1/s1. The molecule has 0 saturated carbocycles. The minimum absolute atomic E-state index is 0.105. The van der Waals surface area contributed by atoms with Crippen molar-refractivity contribution in [3.63, 3.8) is 0 Å². The molecular weight excluding hydrogens is 250 g/mol. The molecule has 1 aromatic carbocycles. The maximum atomic E-state index is 11.9. The smallest absolute Gasteiger partial charge is 0.220 e. The summed E-state index contributed by atoms with van der Waals surface area (Å²) in [6, 6.07) is 8.00. The summed E-state index contributed by atoms with van der Waals surface area (Å²) >= 11 is 0. The van der Waals surface area contributed by atoms with Gasteiger partial charge >= 0.3 is 0 Å². The third kappa shape index (κ3) is 2.59. The second-order valence-electron chi connectivity index (χ2n) is 5.32. The molecule has 0 radical (unpaired) electrons. The first-order chi connectivity index (χ1) is 9.74. The first-order valence-electron chi connectivity index (χ1n) is 7.08. The molecule has 0 fully saturated rings. The summed E-state index contributed by atoms with van der Waals surface area (Å²) in [5.74, 6) is 1.41. The van der Waals surface area contributed by atoms with Gasteiger partial charge in [-0.05, 0) is 30.9 Å². The fraction of sp³-hybridized carbons (Fsp3) is 0.375. The zero-order chi connectivity index (χ0) is 13.9. The van der Waals surface area contributed by atoms with Crippen LogP contribution in [0.25, 0.3) is 11.0 Å². The van der Waals surface area contributed by atoms with Gasteiger partial charge in [-0.3, -0.25) is 4.79 Å². The summed E-state index contributed by atoms with van der Waals surface area (Å²) < 4.78 is 2.03. The number of amides is 1. The topological polar surface area (TPSA) is 46.9 Å². The fourth-order valence-electron chi connectivity index (χ4n) is 2.71. The van der Waals surface area contributed by atoms with Crippen molar-refractivity contribution in [1.29, 1.82) is 0 Å². The molecule has 1 amide bonds. The van der Waals surface area contributed by atoms with Gasteiger partial charge in [-0.15, -0.1) is 0 Å². The largest absolute Gasteiger partial charge is 0.349 e. The molecule has 1 heterocycles. The number of aromatic nitrogens is 2. The molecule has 1 N–H and O–H groups in total. The van der Waals surface area contributed by atoms with Crippen LogP contribution in [-0.4, -0.2) is 15.5 Å². The van der Waals surface area contributed by atoms with Crippen LogP contribution in [0.4, 0.5) is 0 Å². The lowest BCUT2D eigenvalue weighted by Crippen LogP contribution is -2.25. The van der Waals surface area contributed by atoms with E-state index in [2.05, 4.69) is 22.5 Å².